The molecule has 0 unspecified atom stereocenters. The highest BCUT2D eigenvalue weighted by Gasteiger charge is 2.15. The summed E-state index contributed by atoms with van der Waals surface area (Å²) in [6.45, 7) is 7.70. The number of carboxylic acids is 1. The highest BCUT2D eigenvalue weighted by atomic mass is 32.1. The van der Waals surface area contributed by atoms with Crippen LogP contribution in [-0.2, 0) is 11.2 Å². The van der Waals surface area contributed by atoms with Crippen molar-refractivity contribution in [2.24, 2.45) is 0 Å². The van der Waals surface area contributed by atoms with Gasteiger partial charge >= 0.3 is 5.97 Å². The second-order valence-corrected chi connectivity index (χ2v) is 8.01. The summed E-state index contributed by atoms with van der Waals surface area (Å²) in [6, 6.07) is 10.2. The third-order valence-corrected chi connectivity index (χ3v) is 5.52. The largest absolute Gasteiger partial charge is 0.478 e. The lowest BCUT2D eigenvalue weighted by Gasteiger charge is -2.14. The predicted molar refractivity (Wildman–Crippen MR) is 124 cm³/mol. The van der Waals surface area contributed by atoms with Gasteiger partial charge in [0.1, 0.15) is 5.82 Å². The lowest BCUT2D eigenvalue weighted by Crippen LogP contribution is -2.09. The first-order valence-electron chi connectivity index (χ1n) is 9.90. The zero-order valence-electron chi connectivity index (χ0n) is 17.4. The van der Waals surface area contributed by atoms with Crippen molar-refractivity contribution in [2.75, 3.05) is 10.6 Å². The third kappa shape index (κ3) is 5.55. The number of carboxylic acid groups (broad SMARTS) is 1. The number of benzene rings is 1. The van der Waals surface area contributed by atoms with Gasteiger partial charge in [0, 0.05) is 23.4 Å². The summed E-state index contributed by atoms with van der Waals surface area (Å²) in [7, 11) is 0. The van der Waals surface area contributed by atoms with Gasteiger partial charge in [-0.05, 0) is 56.2 Å². The molecular weight excluding hydrogens is 412 g/mol. The number of hydrogen-bond donors (Lipinski definition) is 3. The molecule has 0 fully saturated rings. The molecule has 0 saturated heterocycles. The van der Waals surface area contributed by atoms with Crippen LogP contribution in [0.3, 0.4) is 0 Å². The van der Waals surface area contributed by atoms with E-state index in [2.05, 4.69) is 22.2 Å². The Bertz CT molecular complexity index is 1110. The molecule has 8 heteroatoms. The molecule has 3 aromatic rings. The molecule has 0 aliphatic carbocycles. The summed E-state index contributed by atoms with van der Waals surface area (Å²) in [5, 5.41) is 16.0. The Balaban J connectivity index is 1.92. The van der Waals surface area contributed by atoms with Gasteiger partial charge in [0.05, 0.1) is 15.4 Å². The number of carbonyl (C=O) groups is 2. The summed E-state index contributed by atoms with van der Waals surface area (Å²) < 4.78 is 0. The highest BCUT2D eigenvalue weighted by molar-refractivity contribution is 7.19. The van der Waals surface area contributed by atoms with Crippen molar-refractivity contribution in [3.63, 3.8) is 0 Å². The summed E-state index contributed by atoms with van der Waals surface area (Å²) in [6.07, 6.45) is 3.65. The maximum Gasteiger partial charge on any atom is 0.335 e. The Hall–Kier alpha value is -3.52. The molecule has 0 saturated carbocycles. The number of aromatic carboxylic acids is 1. The van der Waals surface area contributed by atoms with E-state index in [4.69, 9.17) is 10.1 Å². The summed E-state index contributed by atoms with van der Waals surface area (Å²) in [5.41, 5.74) is 2.67. The first kappa shape index (κ1) is 22.2. The van der Waals surface area contributed by atoms with Crippen LogP contribution in [0.1, 0.15) is 41.4 Å². The number of anilines is 3. The van der Waals surface area contributed by atoms with E-state index in [-0.39, 0.29) is 11.5 Å². The van der Waals surface area contributed by atoms with Crippen LogP contribution in [-0.4, -0.2) is 27.0 Å². The quantitative estimate of drug-likeness (QED) is 0.387. The Morgan fingerprint density at radius 1 is 1.16 bits per heavy atom. The van der Waals surface area contributed by atoms with Gasteiger partial charge < -0.3 is 15.7 Å². The van der Waals surface area contributed by atoms with E-state index in [1.807, 2.05) is 26.0 Å². The number of carbonyl (C=O) groups excluding carboxylic acids is 1. The van der Waals surface area contributed by atoms with E-state index in [1.54, 1.807) is 18.2 Å². The second-order valence-electron chi connectivity index (χ2n) is 6.92. The average Bonchev–Trinajstić information content (AvgIpc) is 3.19. The Labute approximate surface area is 184 Å². The van der Waals surface area contributed by atoms with Crippen molar-refractivity contribution in [3.8, 4) is 10.7 Å². The first-order valence-corrected chi connectivity index (χ1v) is 10.7. The average molecular weight is 437 g/mol. The topological polar surface area (TPSA) is 104 Å². The Kier molecular flexibility index (Phi) is 7.15. The van der Waals surface area contributed by atoms with Gasteiger partial charge in [-0.2, -0.15) is 0 Å². The van der Waals surface area contributed by atoms with E-state index in [0.717, 1.165) is 33.2 Å². The van der Waals surface area contributed by atoms with Crippen LogP contribution >= 0.6 is 11.3 Å². The zero-order chi connectivity index (χ0) is 22.4. The lowest BCUT2D eigenvalue weighted by atomic mass is 10.1. The molecule has 2 aromatic heterocycles. The van der Waals surface area contributed by atoms with Gasteiger partial charge in [-0.3, -0.25) is 4.79 Å². The molecule has 31 heavy (non-hydrogen) atoms. The van der Waals surface area contributed by atoms with Gasteiger partial charge in [0.25, 0.3) is 0 Å². The smallest absolute Gasteiger partial charge is 0.335 e. The monoisotopic (exact) mass is 436 g/mol. The van der Waals surface area contributed by atoms with E-state index in [1.165, 1.54) is 23.5 Å². The first-order chi connectivity index (χ1) is 14.9. The van der Waals surface area contributed by atoms with Gasteiger partial charge in [-0.25, -0.2) is 14.8 Å². The molecule has 0 aliphatic heterocycles. The van der Waals surface area contributed by atoms with Crippen LogP contribution in [0.25, 0.3) is 10.7 Å². The number of nitrogens with one attached hydrogen (secondary N) is 2. The van der Waals surface area contributed by atoms with Gasteiger partial charge in [0.15, 0.2) is 5.82 Å². The van der Waals surface area contributed by atoms with Crippen LogP contribution in [0.4, 0.5) is 16.5 Å². The number of rotatable bonds is 9. The van der Waals surface area contributed by atoms with Crippen LogP contribution in [0.2, 0.25) is 0 Å². The fourth-order valence-electron chi connectivity index (χ4n) is 2.98. The van der Waals surface area contributed by atoms with Crippen LogP contribution in [0.15, 0.2) is 49.1 Å². The standard InChI is InChI=1S/C23H24N4O3S/c1-4-6-17-14(3)24-22(18-12-13-20(31-18)26-19(28)7-5-2)27-21(17)25-16-10-8-15(9-11-16)23(29)30/h4,8-13H,1,5-7H2,2-3H3,(H,26,28)(H,29,30)(H,24,25,27). The van der Waals surface area contributed by atoms with Crippen molar-refractivity contribution in [1.82, 2.24) is 9.97 Å². The van der Waals surface area contributed by atoms with E-state index < -0.39 is 5.97 Å². The molecular formula is C23H24N4O3S. The Morgan fingerprint density at radius 2 is 1.90 bits per heavy atom. The molecule has 0 bridgehead atoms. The number of allylic oxidation sites excluding steroid dienone is 1. The maximum absolute atomic E-state index is 11.9. The number of aromatic nitrogens is 2. The predicted octanol–water partition coefficient (Wildman–Crippen LogP) is 5.42. The third-order valence-electron chi connectivity index (χ3n) is 4.52. The molecule has 0 radical (unpaired) electrons. The second kappa shape index (κ2) is 9.99. The minimum absolute atomic E-state index is 0.0125. The molecule has 2 heterocycles. The van der Waals surface area contributed by atoms with Crippen LogP contribution < -0.4 is 10.6 Å². The minimum Gasteiger partial charge on any atom is -0.478 e. The number of nitrogens with zero attached hydrogens (tertiary/aromatic N) is 2. The van der Waals surface area contributed by atoms with Crippen molar-refractivity contribution in [2.45, 2.75) is 33.1 Å². The van der Waals surface area contributed by atoms with Gasteiger partial charge in [0.2, 0.25) is 5.91 Å². The number of thiophene rings is 1. The molecule has 1 aromatic carbocycles. The minimum atomic E-state index is -0.974. The molecule has 3 rings (SSSR count). The Morgan fingerprint density at radius 3 is 2.55 bits per heavy atom. The summed E-state index contributed by atoms with van der Waals surface area (Å²) in [5.74, 6) is 0.200. The number of aryl methyl sites for hydroxylation is 1. The normalized spacial score (nSPS) is 10.5. The molecule has 0 spiro atoms. The van der Waals surface area contributed by atoms with E-state index in [0.29, 0.717) is 24.5 Å². The maximum atomic E-state index is 11.9. The summed E-state index contributed by atoms with van der Waals surface area (Å²) >= 11 is 1.42. The molecule has 160 valence electrons. The van der Waals surface area contributed by atoms with Crippen molar-refractivity contribution in [3.05, 3.63) is 65.9 Å². The fraction of sp³-hybridized carbons (Fsp3) is 0.217. The molecule has 7 nitrogen and oxygen atoms in total. The highest BCUT2D eigenvalue weighted by Crippen LogP contribution is 2.32. The van der Waals surface area contributed by atoms with Crippen LogP contribution in [0.5, 0.6) is 0 Å². The summed E-state index contributed by atoms with van der Waals surface area (Å²) in [4.78, 5) is 33.1. The molecule has 0 atom stereocenters. The van der Waals surface area contributed by atoms with Gasteiger partial charge in [-0.1, -0.05) is 13.0 Å². The number of hydrogen-bond acceptors (Lipinski definition) is 6. The SMILES string of the molecule is C=CCc1c(C)nc(-c2ccc(NC(=O)CCC)s2)nc1Nc1ccc(C(=O)O)cc1. The van der Waals surface area contributed by atoms with E-state index in [9.17, 15) is 9.59 Å². The molecule has 3 N–H and O–H groups in total. The zero-order valence-corrected chi connectivity index (χ0v) is 18.3. The molecule has 0 aliphatic rings. The van der Waals surface area contributed by atoms with Crippen LogP contribution in [0, 0.1) is 6.92 Å². The molecule has 1 amide bonds. The lowest BCUT2D eigenvalue weighted by molar-refractivity contribution is -0.116. The van der Waals surface area contributed by atoms with Crippen molar-refractivity contribution < 1.29 is 14.7 Å². The van der Waals surface area contributed by atoms with Gasteiger partial charge in [-0.15, -0.1) is 17.9 Å². The van der Waals surface area contributed by atoms with Crippen molar-refractivity contribution in [1.29, 1.82) is 0 Å². The number of amides is 1. The van der Waals surface area contributed by atoms with Crippen molar-refractivity contribution >= 4 is 39.7 Å². The fourth-order valence-corrected chi connectivity index (χ4v) is 3.84. The van der Waals surface area contributed by atoms with E-state index >= 15 is 0 Å².